The van der Waals surface area contributed by atoms with E-state index in [9.17, 15) is 0 Å². The predicted molar refractivity (Wildman–Crippen MR) is 75.6 cm³/mol. The molecule has 0 amide bonds. The lowest BCUT2D eigenvalue weighted by Crippen LogP contribution is -2.36. The summed E-state index contributed by atoms with van der Waals surface area (Å²) in [4.78, 5) is 0. The van der Waals surface area contributed by atoms with Crippen molar-refractivity contribution in [3.8, 4) is 0 Å². The van der Waals surface area contributed by atoms with Crippen molar-refractivity contribution in [2.45, 2.75) is 40.0 Å². The van der Waals surface area contributed by atoms with E-state index in [1.54, 1.807) is 0 Å². The summed E-state index contributed by atoms with van der Waals surface area (Å²) in [6.07, 6.45) is 0. The predicted octanol–water partition coefficient (Wildman–Crippen LogP) is 2.44. The smallest absolute Gasteiger partial charge is 0.00748 e. The SMILES string of the molecule is Cc1cc(C)c(C(C)(C)CNCCN)cc1C. The van der Waals surface area contributed by atoms with Crippen LogP contribution in [0.15, 0.2) is 12.1 Å². The monoisotopic (exact) mass is 234 g/mol. The van der Waals surface area contributed by atoms with Gasteiger partial charge in [-0.3, -0.25) is 0 Å². The summed E-state index contributed by atoms with van der Waals surface area (Å²) in [5.74, 6) is 0. The van der Waals surface area contributed by atoms with Crippen molar-refractivity contribution in [1.29, 1.82) is 0 Å². The molecule has 0 saturated heterocycles. The van der Waals surface area contributed by atoms with Crippen LogP contribution < -0.4 is 11.1 Å². The van der Waals surface area contributed by atoms with Crippen molar-refractivity contribution < 1.29 is 0 Å². The number of nitrogens with two attached hydrogens (primary N) is 1. The van der Waals surface area contributed by atoms with Crippen LogP contribution in [0.2, 0.25) is 0 Å². The Hall–Kier alpha value is -0.860. The van der Waals surface area contributed by atoms with Crippen molar-refractivity contribution in [2.75, 3.05) is 19.6 Å². The van der Waals surface area contributed by atoms with E-state index in [1.165, 1.54) is 22.3 Å². The van der Waals surface area contributed by atoms with Gasteiger partial charge in [0, 0.05) is 25.0 Å². The first-order valence-corrected chi connectivity index (χ1v) is 6.37. The van der Waals surface area contributed by atoms with Crippen LogP contribution in [-0.4, -0.2) is 19.6 Å². The first-order chi connectivity index (χ1) is 7.88. The quantitative estimate of drug-likeness (QED) is 0.768. The molecule has 0 aliphatic carbocycles. The van der Waals surface area contributed by atoms with Gasteiger partial charge in [0.1, 0.15) is 0 Å². The first kappa shape index (κ1) is 14.2. The Labute approximate surface area is 106 Å². The molecule has 0 fully saturated rings. The largest absolute Gasteiger partial charge is 0.329 e. The molecular weight excluding hydrogens is 208 g/mol. The molecule has 0 aromatic heterocycles. The lowest BCUT2D eigenvalue weighted by molar-refractivity contribution is 0.471. The van der Waals surface area contributed by atoms with Crippen molar-refractivity contribution in [3.05, 3.63) is 34.4 Å². The highest BCUT2D eigenvalue weighted by Crippen LogP contribution is 2.28. The lowest BCUT2D eigenvalue weighted by Gasteiger charge is -2.28. The van der Waals surface area contributed by atoms with Crippen LogP contribution in [0.3, 0.4) is 0 Å². The Morgan fingerprint density at radius 2 is 1.65 bits per heavy atom. The van der Waals surface area contributed by atoms with Gasteiger partial charge in [0.25, 0.3) is 0 Å². The molecule has 0 bridgehead atoms. The molecule has 0 radical (unpaired) electrons. The Morgan fingerprint density at radius 3 is 2.24 bits per heavy atom. The molecule has 0 atom stereocenters. The molecule has 2 heteroatoms. The lowest BCUT2D eigenvalue weighted by atomic mass is 9.80. The van der Waals surface area contributed by atoms with Crippen LogP contribution in [0.4, 0.5) is 0 Å². The van der Waals surface area contributed by atoms with E-state index in [0.29, 0.717) is 6.54 Å². The third-order valence-corrected chi connectivity index (χ3v) is 3.46. The number of hydrogen-bond donors (Lipinski definition) is 2. The van der Waals surface area contributed by atoms with Crippen LogP contribution in [0.5, 0.6) is 0 Å². The van der Waals surface area contributed by atoms with Gasteiger partial charge < -0.3 is 11.1 Å². The molecular formula is C15H26N2. The van der Waals surface area contributed by atoms with Gasteiger partial charge in [-0.2, -0.15) is 0 Å². The van der Waals surface area contributed by atoms with Gasteiger partial charge in [-0.1, -0.05) is 26.0 Å². The summed E-state index contributed by atoms with van der Waals surface area (Å²) in [5, 5.41) is 3.41. The molecule has 0 aliphatic rings. The molecule has 1 rings (SSSR count). The number of benzene rings is 1. The normalized spacial score (nSPS) is 11.9. The number of nitrogens with one attached hydrogen (secondary N) is 1. The second-order valence-corrected chi connectivity index (χ2v) is 5.60. The highest BCUT2D eigenvalue weighted by molar-refractivity contribution is 5.40. The van der Waals surface area contributed by atoms with E-state index in [1.807, 2.05) is 0 Å². The summed E-state index contributed by atoms with van der Waals surface area (Å²) < 4.78 is 0. The molecule has 0 heterocycles. The molecule has 2 nitrogen and oxygen atoms in total. The van der Waals surface area contributed by atoms with Crippen LogP contribution in [-0.2, 0) is 5.41 Å². The Morgan fingerprint density at radius 1 is 1.06 bits per heavy atom. The summed E-state index contributed by atoms with van der Waals surface area (Å²) >= 11 is 0. The standard InChI is InChI=1S/C15H26N2/c1-11-8-13(3)14(9-12(11)2)15(4,5)10-17-7-6-16/h8-9,17H,6-7,10,16H2,1-5H3. The van der Waals surface area contributed by atoms with Gasteiger partial charge in [0.2, 0.25) is 0 Å². The summed E-state index contributed by atoms with van der Waals surface area (Å²) in [6.45, 7) is 13.7. The first-order valence-electron chi connectivity index (χ1n) is 6.37. The second-order valence-electron chi connectivity index (χ2n) is 5.60. The average molecular weight is 234 g/mol. The zero-order chi connectivity index (χ0) is 13.1. The van der Waals surface area contributed by atoms with E-state index in [0.717, 1.165) is 13.1 Å². The van der Waals surface area contributed by atoms with Gasteiger partial charge >= 0.3 is 0 Å². The fourth-order valence-electron chi connectivity index (χ4n) is 2.29. The van der Waals surface area contributed by atoms with Crippen molar-refractivity contribution in [3.63, 3.8) is 0 Å². The molecule has 1 aromatic rings. The minimum Gasteiger partial charge on any atom is -0.329 e. The molecule has 0 spiro atoms. The van der Waals surface area contributed by atoms with Crippen molar-refractivity contribution in [1.82, 2.24) is 5.32 Å². The molecule has 0 saturated carbocycles. The van der Waals surface area contributed by atoms with Gasteiger partial charge in [0.15, 0.2) is 0 Å². The third kappa shape index (κ3) is 3.55. The maximum atomic E-state index is 5.51. The molecule has 96 valence electrons. The number of rotatable bonds is 5. The fraction of sp³-hybridized carbons (Fsp3) is 0.600. The average Bonchev–Trinajstić information content (AvgIpc) is 2.23. The number of aryl methyl sites for hydroxylation is 3. The van der Waals surface area contributed by atoms with Crippen LogP contribution in [0.25, 0.3) is 0 Å². The molecule has 3 N–H and O–H groups in total. The van der Waals surface area contributed by atoms with Gasteiger partial charge in [-0.25, -0.2) is 0 Å². The highest BCUT2D eigenvalue weighted by atomic mass is 14.9. The van der Waals surface area contributed by atoms with Gasteiger partial charge in [-0.05, 0) is 43.0 Å². The third-order valence-electron chi connectivity index (χ3n) is 3.46. The van der Waals surface area contributed by atoms with Crippen molar-refractivity contribution >= 4 is 0 Å². The Bertz CT molecular complexity index is 381. The van der Waals surface area contributed by atoms with E-state index in [-0.39, 0.29) is 5.41 Å². The van der Waals surface area contributed by atoms with E-state index < -0.39 is 0 Å². The second kappa shape index (κ2) is 5.65. The summed E-state index contributed by atoms with van der Waals surface area (Å²) in [5.41, 5.74) is 11.2. The zero-order valence-electron chi connectivity index (χ0n) is 11.9. The van der Waals surface area contributed by atoms with E-state index in [2.05, 4.69) is 52.1 Å². The van der Waals surface area contributed by atoms with Gasteiger partial charge in [0.05, 0.1) is 0 Å². The number of hydrogen-bond acceptors (Lipinski definition) is 2. The van der Waals surface area contributed by atoms with E-state index in [4.69, 9.17) is 5.73 Å². The minimum atomic E-state index is 0.151. The minimum absolute atomic E-state index is 0.151. The van der Waals surface area contributed by atoms with E-state index >= 15 is 0 Å². The van der Waals surface area contributed by atoms with Crippen molar-refractivity contribution in [2.24, 2.45) is 5.73 Å². The summed E-state index contributed by atoms with van der Waals surface area (Å²) in [6, 6.07) is 4.62. The molecule has 1 aromatic carbocycles. The van der Waals surface area contributed by atoms with Crippen LogP contribution in [0, 0.1) is 20.8 Å². The van der Waals surface area contributed by atoms with Crippen LogP contribution >= 0.6 is 0 Å². The topological polar surface area (TPSA) is 38.0 Å². The molecule has 17 heavy (non-hydrogen) atoms. The highest BCUT2D eigenvalue weighted by Gasteiger charge is 2.22. The Balaban J connectivity index is 2.93. The summed E-state index contributed by atoms with van der Waals surface area (Å²) in [7, 11) is 0. The molecule has 0 unspecified atom stereocenters. The molecule has 0 aliphatic heterocycles. The van der Waals surface area contributed by atoms with Crippen LogP contribution in [0.1, 0.15) is 36.1 Å². The maximum absolute atomic E-state index is 5.51. The maximum Gasteiger partial charge on any atom is 0.00748 e. The fourth-order valence-corrected chi connectivity index (χ4v) is 2.29. The van der Waals surface area contributed by atoms with Gasteiger partial charge in [-0.15, -0.1) is 0 Å². The zero-order valence-corrected chi connectivity index (χ0v) is 11.9. The Kier molecular flexibility index (Phi) is 4.72.